The summed E-state index contributed by atoms with van der Waals surface area (Å²) in [5, 5.41) is 0. The summed E-state index contributed by atoms with van der Waals surface area (Å²) >= 11 is 0. The molecule has 1 aliphatic rings. The largest absolute Gasteiger partial charge is 0.379 e. The molecule has 0 aromatic heterocycles. The summed E-state index contributed by atoms with van der Waals surface area (Å²) in [6, 6.07) is 0. The van der Waals surface area contributed by atoms with Gasteiger partial charge in [-0.1, -0.05) is 6.92 Å². The van der Waals surface area contributed by atoms with E-state index < -0.39 is 11.0 Å². The van der Waals surface area contributed by atoms with Gasteiger partial charge in [-0.25, -0.2) is 4.21 Å². The molecule has 0 aliphatic carbocycles. The first-order valence-electron chi connectivity index (χ1n) is 4.38. The molecular formula is C9H17NO2S. The summed E-state index contributed by atoms with van der Waals surface area (Å²) < 4.78 is 20.4. The molecular weight excluding hydrogens is 186 g/mol. The fraction of sp³-hybridized carbons (Fsp3) is 0.889. The van der Waals surface area contributed by atoms with Gasteiger partial charge in [0.05, 0.1) is 23.4 Å². The zero-order chi connectivity index (χ0) is 10.1. The Hall–Kier alpha value is -0.220. The topological polar surface area (TPSA) is 38.7 Å². The van der Waals surface area contributed by atoms with Crippen molar-refractivity contribution in [1.82, 2.24) is 0 Å². The molecule has 0 spiro atoms. The lowest BCUT2D eigenvalue weighted by Crippen LogP contribution is -2.41. The molecule has 0 bridgehead atoms. The molecule has 1 aliphatic heterocycles. The molecule has 0 aromatic carbocycles. The number of rotatable bonds is 2. The van der Waals surface area contributed by atoms with Crippen LogP contribution in [0.4, 0.5) is 0 Å². The average molecular weight is 203 g/mol. The third-order valence-corrected chi connectivity index (χ3v) is 3.19. The lowest BCUT2D eigenvalue weighted by atomic mass is 9.91. The van der Waals surface area contributed by atoms with Crippen LogP contribution in [0.1, 0.15) is 27.7 Å². The first-order chi connectivity index (χ1) is 5.83. The summed E-state index contributed by atoms with van der Waals surface area (Å²) in [4.78, 5) is 0. The van der Waals surface area contributed by atoms with E-state index in [0.717, 1.165) is 0 Å². The van der Waals surface area contributed by atoms with E-state index in [0.29, 0.717) is 13.2 Å². The Kier molecular flexibility index (Phi) is 2.92. The highest BCUT2D eigenvalue weighted by Gasteiger charge is 2.32. The van der Waals surface area contributed by atoms with Crippen molar-refractivity contribution in [2.45, 2.75) is 32.4 Å². The van der Waals surface area contributed by atoms with Crippen LogP contribution in [0.15, 0.2) is 4.40 Å². The van der Waals surface area contributed by atoms with Crippen molar-refractivity contribution in [3.8, 4) is 0 Å². The second-order valence-corrected chi connectivity index (χ2v) is 6.68. The van der Waals surface area contributed by atoms with Gasteiger partial charge in [-0.3, -0.25) is 0 Å². The number of nitrogens with zero attached hydrogens (tertiary/aromatic N) is 1. The van der Waals surface area contributed by atoms with Gasteiger partial charge in [0.1, 0.15) is 11.0 Å². The highest BCUT2D eigenvalue weighted by Crippen LogP contribution is 2.24. The van der Waals surface area contributed by atoms with Gasteiger partial charge in [-0.05, 0) is 20.8 Å². The number of ether oxygens (including phenoxy) is 1. The van der Waals surface area contributed by atoms with Gasteiger partial charge in [0.25, 0.3) is 0 Å². The van der Waals surface area contributed by atoms with E-state index in [1.807, 2.05) is 20.8 Å². The highest BCUT2D eigenvalue weighted by atomic mass is 32.2. The van der Waals surface area contributed by atoms with Crippen LogP contribution in [0.2, 0.25) is 0 Å². The Morgan fingerprint density at radius 2 is 2.00 bits per heavy atom. The van der Waals surface area contributed by atoms with Crippen LogP contribution < -0.4 is 0 Å². The maximum absolute atomic E-state index is 11.5. The predicted molar refractivity (Wildman–Crippen MR) is 55.3 cm³/mol. The molecule has 1 heterocycles. The fourth-order valence-electron chi connectivity index (χ4n) is 0.832. The predicted octanol–water partition coefficient (Wildman–Crippen LogP) is 1.56. The van der Waals surface area contributed by atoms with Crippen molar-refractivity contribution in [3.63, 3.8) is 0 Å². The van der Waals surface area contributed by atoms with Gasteiger partial charge >= 0.3 is 0 Å². The fourth-order valence-corrected chi connectivity index (χ4v) is 1.50. The maximum atomic E-state index is 11.5. The molecule has 0 amide bonds. The van der Waals surface area contributed by atoms with E-state index in [2.05, 4.69) is 11.3 Å². The minimum Gasteiger partial charge on any atom is -0.379 e. The third kappa shape index (κ3) is 2.88. The lowest BCUT2D eigenvalue weighted by molar-refractivity contribution is -0.0553. The van der Waals surface area contributed by atoms with E-state index in [1.54, 1.807) is 6.21 Å². The normalized spacial score (nSPS) is 24.3. The van der Waals surface area contributed by atoms with Gasteiger partial charge < -0.3 is 4.74 Å². The molecule has 0 unspecified atom stereocenters. The summed E-state index contributed by atoms with van der Waals surface area (Å²) in [5.74, 6) is 0. The van der Waals surface area contributed by atoms with E-state index in [9.17, 15) is 4.21 Å². The summed E-state index contributed by atoms with van der Waals surface area (Å²) in [6.45, 7) is 9.19. The van der Waals surface area contributed by atoms with Crippen molar-refractivity contribution in [2.24, 2.45) is 9.81 Å². The Bertz CT molecular complexity index is 238. The minimum absolute atomic E-state index is 0.0148. The molecule has 1 atom stereocenters. The quantitative estimate of drug-likeness (QED) is 0.639. The molecule has 0 saturated carbocycles. The first kappa shape index (κ1) is 10.9. The highest BCUT2D eigenvalue weighted by molar-refractivity contribution is 7.85. The molecule has 4 heteroatoms. The van der Waals surface area contributed by atoms with Gasteiger partial charge in [-0.2, -0.15) is 4.40 Å². The third-order valence-electron chi connectivity index (χ3n) is 1.85. The molecule has 3 nitrogen and oxygen atoms in total. The molecule has 1 fully saturated rings. The molecule has 0 N–H and O–H groups in total. The van der Waals surface area contributed by atoms with E-state index in [-0.39, 0.29) is 10.2 Å². The first-order valence-corrected chi connectivity index (χ1v) is 5.49. The van der Waals surface area contributed by atoms with Crippen molar-refractivity contribution in [3.05, 3.63) is 0 Å². The SMILES string of the molecule is CC1(C=N[S@](=O)C(C)(C)C)COC1. The van der Waals surface area contributed by atoms with Gasteiger partial charge in [0, 0.05) is 6.21 Å². The summed E-state index contributed by atoms with van der Waals surface area (Å²) in [5.41, 5.74) is 0.0148. The van der Waals surface area contributed by atoms with Crippen molar-refractivity contribution >= 4 is 17.2 Å². The molecule has 1 saturated heterocycles. The Labute approximate surface area is 82.2 Å². The van der Waals surface area contributed by atoms with Gasteiger partial charge in [-0.15, -0.1) is 0 Å². The van der Waals surface area contributed by atoms with Crippen molar-refractivity contribution < 1.29 is 8.95 Å². The average Bonchev–Trinajstić information content (AvgIpc) is 1.94. The zero-order valence-electron chi connectivity index (χ0n) is 8.66. The van der Waals surface area contributed by atoms with Crippen LogP contribution >= 0.6 is 0 Å². The summed E-state index contributed by atoms with van der Waals surface area (Å²) in [6.07, 6.45) is 1.78. The van der Waals surface area contributed by atoms with Crippen molar-refractivity contribution in [1.29, 1.82) is 0 Å². The number of hydrogen-bond donors (Lipinski definition) is 0. The van der Waals surface area contributed by atoms with Crippen LogP contribution in [-0.4, -0.2) is 28.4 Å². The van der Waals surface area contributed by atoms with Crippen LogP contribution in [0, 0.1) is 5.41 Å². The Morgan fingerprint density at radius 1 is 1.46 bits per heavy atom. The van der Waals surface area contributed by atoms with Crippen LogP contribution in [-0.2, 0) is 15.7 Å². The molecule has 0 aromatic rings. The van der Waals surface area contributed by atoms with E-state index >= 15 is 0 Å². The standard InChI is InChI=1S/C9H17NO2S/c1-8(2,3)13(11)10-5-9(4)6-12-7-9/h5H,6-7H2,1-4H3/t13-/m1/s1. The Balaban J connectivity index is 2.53. The van der Waals surface area contributed by atoms with Crippen LogP contribution in [0.3, 0.4) is 0 Å². The molecule has 1 rings (SSSR count). The number of hydrogen-bond acceptors (Lipinski definition) is 2. The summed E-state index contributed by atoms with van der Waals surface area (Å²) in [7, 11) is -1.14. The minimum atomic E-state index is -1.14. The van der Waals surface area contributed by atoms with Crippen molar-refractivity contribution in [2.75, 3.05) is 13.2 Å². The maximum Gasteiger partial charge on any atom is 0.144 e. The molecule has 76 valence electrons. The smallest absolute Gasteiger partial charge is 0.144 e. The van der Waals surface area contributed by atoms with E-state index in [4.69, 9.17) is 4.74 Å². The zero-order valence-corrected chi connectivity index (χ0v) is 9.48. The molecule has 13 heavy (non-hydrogen) atoms. The monoisotopic (exact) mass is 203 g/mol. The Morgan fingerprint density at radius 3 is 2.31 bits per heavy atom. The van der Waals surface area contributed by atoms with Crippen LogP contribution in [0.25, 0.3) is 0 Å². The van der Waals surface area contributed by atoms with Gasteiger partial charge in [0.2, 0.25) is 0 Å². The second kappa shape index (κ2) is 3.50. The van der Waals surface area contributed by atoms with Gasteiger partial charge in [0.15, 0.2) is 0 Å². The molecule has 0 radical (unpaired) electrons. The second-order valence-electron chi connectivity index (χ2n) is 4.74. The van der Waals surface area contributed by atoms with E-state index in [1.165, 1.54) is 0 Å². The van der Waals surface area contributed by atoms with Crippen LogP contribution in [0.5, 0.6) is 0 Å². The lowest BCUT2D eigenvalue weighted by Gasteiger charge is -2.34.